The molecule has 1 fully saturated rings. The van der Waals surface area contributed by atoms with Crippen LogP contribution in [0.1, 0.15) is 12.8 Å². The summed E-state index contributed by atoms with van der Waals surface area (Å²) in [6.07, 6.45) is 2.34. The molecule has 2 N–H and O–H groups in total. The van der Waals surface area contributed by atoms with Crippen molar-refractivity contribution in [1.29, 1.82) is 0 Å². The highest BCUT2D eigenvalue weighted by molar-refractivity contribution is 5.79. The number of nitrogen functional groups attached to an aromatic ring is 1. The van der Waals surface area contributed by atoms with E-state index in [1.165, 1.54) is 6.42 Å². The molecule has 2 aromatic rings. The van der Waals surface area contributed by atoms with E-state index in [0.717, 1.165) is 43.0 Å². The maximum absolute atomic E-state index is 6.09. The van der Waals surface area contributed by atoms with E-state index in [1.54, 1.807) is 7.11 Å². The highest BCUT2D eigenvalue weighted by atomic mass is 16.5. The van der Waals surface area contributed by atoms with Crippen LogP contribution in [0.2, 0.25) is 0 Å². The van der Waals surface area contributed by atoms with Crippen molar-refractivity contribution in [1.82, 2.24) is 9.97 Å². The number of ether oxygens (including phenoxy) is 1. The molecule has 1 unspecified atom stereocenters. The first-order valence-electron chi connectivity index (χ1n) is 7.04. The van der Waals surface area contributed by atoms with Gasteiger partial charge in [-0.05, 0) is 30.9 Å². The second-order valence-corrected chi connectivity index (χ2v) is 5.33. The van der Waals surface area contributed by atoms with E-state index in [2.05, 4.69) is 9.88 Å². The third kappa shape index (κ3) is 2.54. The first-order chi connectivity index (χ1) is 9.78. The lowest BCUT2D eigenvalue weighted by Crippen LogP contribution is -2.38. The third-order valence-corrected chi connectivity index (χ3v) is 3.80. The summed E-state index contributed by atoms with van der Waals surface area (Å²) in [5.41, 5.74) is 7.83. The number of nitrogens with zero attached hydrogens (tertiary/aromatic N) is 3. The number of benzene rings is 1. The molecular formula is C15H20N4O. The van der Waals surface area contributed by atoms with Gasteiger partial charge >= 0.3 is 0 Å². The van der Waals surface area contributed by atoms with Gasteiger partial charge in [-0.1, -0.05) is 12.1 Å². The Kier molecular flexibility index (Phi) is 3.69. The zero-order valence-electron chi connectivity index (χ0n) is 11.7. The van der Waals surface area contributed by atoms with Crippen LogP contribution >= 0.6 is 0 Å². The number of fused-ring (bicyclic) bond motifs is 1. The first kappa shape index (κ1) is 13.1. The Hall–Kier alpha value is -1.88. The molecule has 3 rings (SSSR count). The summed E-state index contributed by atoms with van der Waals surface area (Å²) < 4.78 is 5.27. The zero-order valence-corrected chi connectivity index (χ0v) is 11.7. The zero-order chi connectivity index (χ0) is 13.9. The van der Waals surface area contributed by atoms with Gasteiger partial charge in [0.15, 0.2) is 11.6 Å². The van der Waals surface area contributed by atoms with E-state index in [1.807, 2.05) is 24.3 Å². The molecule has 0 radical (unpaired) electrons. The highest BCUT2D eigenvalue weighted by Gasteiger charge is 2.23. The van der Waals surface area contributed by atoms with Gasteiger partial charge in [0.2, 0.25) is 0 Å². The molecule has 1 aliphatic heterocycles. The molecule has 5 heteroatoms. The molecule has 0 spiro atoms. The average Bonchev–Trinajstić information content (AvgIpc) is 2.47. The minimum atomic E-state index is 0.516. The number of methoxy groups -OCH3 is 1. The lowest BCUT2D eigenvalue weighted by Gasteiger charge is -2.33. The number of anilines is 2. The van der Waals surface area contributed by atoms with Crippen LogP contribution in [0, 0.1) is 5.92 Å². The number of hydrogen-bond donors (Lipinski definition) is 1. The van der Waals surface area contributed by atoms with E-state index < -0.39 is 0 Å². The van der Waals surface area contributed by atoms with Crippen molar-refractivity contribution in [2.24, 2.45) is 5.92 Å². The van der Waals surface area contributed by atoms with Gasteiger partial charge in [-0.2, -0.15) is 0 Å². The van der Waals surface area contributed by atoms with Crippen molar-refractivity contribution in [2.45, 2.75) is 12.8 Å². The fraction of sp³-hybridized carbons (Fsp3) is 0.467. The van der Waals surface area contributed by atoms with Crippen LogP contribution in [0.5, 0.6) is 0 Å². The van der Waals surface area contributed by atoms with Gasteiger partial charge < -0.3 is 15.4 Å². The maximum Gasteiger partial charge on any atom is 0.172 e. The Morgan fingerprint density at radius 1 is 1.30 bits per heavy atom. The van der Waals surface area contributed by atoms with Crippen molar-refractivity contribution in [3.8, 4) is 0 Å². The van der Waals surface area contributed by atoms with E-state index >= 15 is 0 Å². The minimum Gasteiger partial charge on any atom is -0.384 e. The molecule has 1 atom stereocenters. The SMILES string of the molecule is COCC1CCCN(c2nc3ccccc3nc2N)C1. The van der Waals surface area contributed by atoms with Gasteiger partial charge in [0.1, 0.15) is 0 Å². The Bertz CT molecular complexity index is 599. The molecule has 5 nitrogen and oxygen atoms in total. The monoisotopic (exact) mass is 272 g/mol. The second-order valence-electron chi connectivity index (χ2n) is 5.33. The smallest absolute Gasteiger partial charge is 0.172 e. The molecule has 0 bridgehead atoms. The molecule has 1 aromatic carbocycles. The third-order valence-electron chi connectivity index (χ3n) is 3.80. The van der Waals surface area contributed by atoms with Crippen LogP contribution in [0.3, 0.4) is 0 Å². The average molecular weight is 272 g/mol. The summed E-state index contributed by atoms with van der Waals surface area (Å²) in [7, 11) is 1.75. The van der Waals surface area contributed by atoms with E-state index in [-0.39, 0.29) is 0 Å². The van der Waals surface area contributed by atoms with Gasteiger partial charge in [-0.3, -0.25) is 0 Å². The fourth-order valence-corrected chi connectivity index (χ4v) is 2.87. The Labute approximate surface area is 118 Å². The second kappa shape index (κ2) is 5.63. The molecule has 1 aromatic heterocycles. The molecule has 0 amide bonds. The van der Waals surface area contributed by atoms with E-state index in [9.17, 15) is 0 Å². The topological polar surface area (TPSA) is 64.3 Å². The molecule has 1 saturated heterocycles. The summed E-state index contributed by atoms with van der Waals surface area (Å²) in [6, 6.07) is 7.83. The number of rotatable bonds is 3. The lowest BCUT2D eigenvalue weighted by molar-refractivity contribution is 0.143. The van der Waals surface area contributed by atoms with Crippen LogP contribution in [-0.2, 0) is 4.74 Å². The number of para-hydroxylation sites is 2. The van der Waals surface area contributed by atoms with Crippen LogP contribution in [0.4, 0.5) is 11.6 Å². The highest BCUT2D eigenvalue weighted by Crippen LogP contribution is 2.27. The number of aromatic nitrogens is 2. The molecule has 1 aliphatic rings. The Balaban J connectivity index is 1.90. The maximum atomic E-state index is 6.09. The summed E-state index contributed by atoms with van der Waals surface area (Å²) in [5, 5.41) is 0. The van der Waals surface area contributed by atoms with Gasteiger partial charge in [-0.25, -0.2) is 9.97 Å². The van der Waals surface area contributed by atoms with E-state index in [0.29, 0.717) is 11.7 Å². The molecule has 2 heterocycles. The first-order valence-corrected chi connectivity index (χ1v) is 7.04. The van der Waals surface area contributed by atoms with Crippen molar-refractivity contribution in [3.05, 3.63) is 24.3 Å². The number of hydrogen-bond acceptors (Lipinski definition) is 5. The predicted molar refractivity (Wildman–Crippen MR) is 80.8 cm³/mol. The van der Waals surface area contributed by atoms with E-state index in [4.69, 9.17) is 15.5 Å². The normalized spacial score (nSPS) is 19.4. The van der Waals surface area contributed by atoms with Gasteiger partial charge in [-0.15, -0.1) is 0 Å². The number of nitrogens with two attached hydrogens (primary N) is 1. The summed E-state index contributed by atoms with van der Waals surface area (Å²) in [5.74, 6) is 1.87. The minimum absolute atomic E-state index is 0.516. The van der Waals surface area contributed by atoms with Crippen molar-refractivity contribution in [2.75, 3.05) is 37.4 Å². The van der Waals surface area contributed by atoms with Crippen LogP contribution in [-0.4, -0.2) is 36.8 Å². The summed E-state index contributed by atoms with van der Waals surface area (Å²) >= 11 is 0. The lowest BCUT2D eigenvalue weighted by atomic mass is 9.99. The molecule has 20 heavy (non-hydrogen) atoms. The van der Waals surface area contributed by atoms with Crippen LogP contribution in [0.25, 0.3) is 11.0 Å². The quantitative estimate of drug-likeness (QED) is 0.926. The van der Waals surface area contributed by atoms with Gasteiger partial charge in [0, 0.05) is 20.2 Å². The summed E-state index contributed by atoms with van der Waals surface area (Å²) in [4.78, 5) is 11.4. The fourth-order valence-electron chi connectivity index (χ4n) is 2.87. The van der Waals surface area contributed by atoms with Crippen molar-refractivity contribution < 1.29 is 4.74 Å². The standard InChI is InChI=1S/C15H20N4O/c1-20-10-11-5-4-8-19(9-11)15-14(16)17-12-6-2-3-7-13(12)18-15/h2-3,6-7,11H,4-5,8-10H2,1H3,(H2,16,17). The molecule has 106 valence electrons. The largest absolute Gasteiger partial charge is 0.384 e. The summed E-state index contributed by atoms with van der Waals surface area (Å²) in [6.45, 7) is 2.71. The van der Waals surface area contributed by atoms with Crippen LogP contribution < -0.4 is 10.6 Å². The molecule has 0 saturated carbocycles. The van der Waals surface area contributed by atoms with Crippen LogP contribution in [0.15, 0.2) is 24.3 Å². The Morgan fingerprint density at radius 3 is 2.80 bits per heavy atom. The Morgan fingerprint density at radius 2 is 2.05 bits per heavy atom. The number of piperidine rings is 1. The van der Waals surface area contributed by atoms with Crippen molar-refractivity contribution in [3.63, 3.8) is 0 Å². The van der Waals surface area contributed by atoms with Gasteiger partial charge in [0.25, 0.3) is 0 Å². The predicted octanol–water partition coefficient (Wildman–Crippen LogP) is 2.07. The van der Waals surface area contributed by atoms with Gasteiger partial charge in [0.05, 0.1) is 17.6 Å². The molecule has 0 aliphatic carbocycles. The molecular weight excluding hydrogens is 252 g/mol. The van der Waals surface area contributed by atoms with Crippen molar-refractivity contribution >= 4 is 22.7 Å².